The minimum absolute atomic E-state index is 0.0288. The van der Waals surface area contributed by atoms with Gasteiger partial charge in [-0.25, -0.2) is 0 Å². The topological polar surface area (TPSA) is 38.8 Å². The molecule has 1 saturated carbocycles. The van der Waals surface area contributed by atoms with Gasteiger partial charge in [-0.05, 0) is 24.3 Å². The van der Waals surface area contributed by atoms with Gasteiger partial charge in [0.1, 0.15) is 10.6 Å². The molecule has 2 atom stereocenters. The molecule has 0 unspecified atom stereocenters. The van der Waals surface area contributed by atoms with Gasteiger partial charge in [0.25, 0.3) is 5.91 Å². The monoisotopic (exact) mass is 317 g/mol. The molecule has 1 aliphatic carbocycles. The number of hydrogen-bond acceptors (Lipinski definition) is 4. The van der Waals surface area contributed by atoms with Crippen LogP contribution in [0, 0.1) is 0 Å². The van der Waals surface area contributed by atoms with E-state index in [0.29, 0.717) is 13.2 Å². The molecule has 1 amide bonds. The summed E-state index contributed by atoms with van der Waals surface area (Å²) in [6.07, 6.45) is 4.13. The van der Waals surface area contributed by atoms with Crippen molar-refractivity contribution in [1.29, 1.82) is 0 Å². The summed E-state index contributed by atoms with van der Waals surface area (Å²) in [4.78, 5) is 14.7. The third-order valence-corrected chi connectivity index (χ3v) is 4.92. The zero-order valence-corrected chi connectivity index (χ0v) is 12.3. The number of amides is 1. The van der Waals surface area contributed by atoms with Gasteiger partial charge < -0.3 is 14.4 Å². The minimum atomic E-state index is -2.92. The van der Waals surface area contributed by atoms with Gasteiger partial charge >= 0.3 is 6.61 Å². The van der Waals surface area contributed by atoms with E-state index in [9.17, 15) is 13.6 Å². The standard InChI is InChI=1S/C14H17F2NO3S/c15-14(16)20-11-5-8-21-12(11)13(18)17-6-7-19-10-4-2-1-3-9(10)17/h5,8-10,14H,1-4,6-7H2/t9-,10-/m0/s1. The smallest absolute Gasteiger partial charge is 0.387 e. The Kier molecular flexibility index (Phi) is 4.40. The van der Waals surface area contributed by atoms with E-state index in [-0.39, 0.29) is 28.7 Å². The molecule has 0 aromatic carbocycles. The number of alkyl halides is 2. The molecule has 2 heterocycles. The van der Waals surface area contributed by atoms with E-state index in [1.54, 1.807) is 10.3 Å². The first-order valence-corrected chi connectivity index (χ1v) is 7.99. The molecule has 21 heavy (non-hydrogen) atoms. The van der Waals surface area contributed by atoms with Crippen LogP contribution in [0.1, 0.15) is 35.4 Å². The Bertz CT molecular complexity index is 506. The lowest BCUT2D eigenvalue weighted by Crippen LogP contribution is -2.54. The Morgan fingerprint density at radius 1 is 1.43 bits per heavy atom. The van der Waals surface area contributed by atoms with Gasteiger partial charge in [0.15, 0.2) is 0 Å². The maximum atomic E-state index is 12.7. The molecule has 1 aromatic heterocycles. The molecule has 7 heteroatoms. The van der Waals surface area contributed by atoms with Crippen molar-refractivity contribution in [3.05, 3.63) is 16.3 Å². The number of rotatable bonds is 3. The molecule has 2 fully saturated rings. The third-order valence-electron chi connectivity index (χ3n) is 4.03. The Balaban J connectivity index is 1.79. The van der Waals surface area contributed by atoms with Gasteiger partial charge in [-0.15, -0.1) is 11.3 Å². The normalized spacial score (nSPS) is 25.8. The van der Waals surface area contributed by atoms with Crippen molar-refractivity contribution >= 4 is 17.2 Å². The quantitative estimate of drug-likeness (QED) is 0.860. The van der Waals surface area contributed by atoms with E-state index in [2.05, 4.69) is 4.74 Å². The summed E-state index contributed by atoms with van der Waals surface area (Å²) in [7, 11) is 0. The number of morpholine rings is 1. The van der Waals surface area contributed by atoms with E-state index in [4.69, 9.17) is 4.74 Å². The summed E-state index contributed by atoms with van der Waals surface area (Å²) in [5.41, 5.74) is 0. The van der Waals surface area contributed by atoms with Crippen LogP contribution in [-0.2, 0) is 4.74 Å². The average Bonchev–Trinajstić information content (AvgIpc) is 2.93. The molecule has 2 aliphatic rings. The summed E-state index contributed by atoms with van der Waals surface area (Å²) in [6.45, 7) is -1.91. The molecule has 1 saturated heterocycles. The second kappa shape index (κ2) is 6.27. The lowest BCUT2D eigenvalue weighted by atomic mass is 9.90. The summed E-state index contributed by atoms with van der Waals surface area (Å²) in [6, 6.07) is 1.48. The number of thiophene rings is 1. The van der Waals surface area contributed by atoms with E-state index < -0.39 is 6.61 Å². The lowest BCUT2D eigenvalue weighted by Gasteiger charge is -2.43. The summed E-state index contributed by atoms with van der Waals surface area (Å²) in [5.74, 6) is -0.250. The van der Waals surface area contributed by atoms with Gasteiger partial charge in [-0.2, -0.15) is 8.78 Å². The van der Waals surface area contributed by atoms with Crippen LogP contribution in [-0.4, -0.2) is 42.7 Å². The molecule has 1 aromatic rings. The Morgan fingerprint density at radius 2 is 2.24 bits per heavy atom. The average molecular weight is 317 g/mol. The number of fused-ring (bicyclic) bond motifs is 1. The van der Waals surface area contributed by atoms with Gasteiger partial charge in [-0.3, -0.25) is 4.79 Å². The molecule has 1 aliphatic heterocycles. The largest absolute Gasteiger partial charge is 0.433 e. The number of carbonyl (C=O) groups is 1. The van der Waals surface area contributed by atoms with E-state index in [0.717, 1.165) is 37.0 Å². The predicted molar refractivity (Wildman–Crippen MR) is 74.0 cm³/mol. The van der Waals surface area contributed by atoms with Crippen LogP contribution in [0.25, 0.3) is 0 Å². The van der Waals surface area contributed by atoms with E-state index in [1.807, 2.05) is 0 Å². The fourth-order valence-electron chi connectivity index (χ4n) is 3.12. The number of carbonyl (C=O) groups excluding carboxylic acids is 1. The first kappa shape index (κ1) is 14.7. The van der Waals surface area contributed by atoms with Crippen molar-refractivity contribution in [1.82, 2.24) is 4.90 Å². The van der Waals surface area contributed by atoms with Crippen LogP contribution in [0.15, 0.2) is 11.4 Å². The van der Waals surface area contributed by atoms with Crippen LogP contribution >= 0.6 is 11.3 Å². The highest BCUT2D eigenvalue weighted by Crippen LogP contribution is 2.33. The van der Waals surface area contributed by atoms with Crippen LogP contribution < -0.4 is 4.74 Å². The number of hydrogen-bond donors (Lipinski definition) is 0. The predicted octanol–water partition coefficient (Wildman–Crippen LogP) is 3.13. The molecule has 0 N–H and O–H groups in total. The van der Waals surface area contributed by atoms with Crippen LogP contribution in [0.5, 0.6) is 5.75 Å². The zero-order chi connectivity index (χ0) is 14.8. The van der Waals surface area contributed by atoms with Crippen molar-refractivity contribution in [3.63, 3.8) is 0 Å². The fraction of sp³-hybridized carbons (Fsp3) is 0.643. The molecule has 4 nitrogen and oxygen atoms in total. The van der Waals surface area contributed by atoms with Crippen molar-refractivity contribution in [2.75, 3.05) is 13.2 Å². The molecule has 0 bridgehead atoms. The highest BCUT2D eigenvalue weighted by Gasteiger charge is 2.38. The molecule has 3 rings (SSSR count). The molecule has 0 radical (unpaired) electrons. The SMILES string of the molecule is O=C(c1sccc1OC(F)F)N1CCO[C@H]2CCCC[C@@H]21. The minimum Gasteiger partial charge on any atom is -0.433 e. The Hall–Kier alpha value is -1.21. The maximum Gasteiger partial charge on any atom is 0.387 e. The Labute approximate surface area is 125 Å². The highest BCUT2D eigenvalue weighted by atomic mass is 32.1. The molecule has 116 valence electrons. The lowest BCUT2D eigenvalue weighted by molar-refractivity contribution is -0.0757. The summed E-state index contributed by atoms with van der Waals surface area (Å²) < 4.78 is 34.9. The summed E-state index contributed by atoms with van der Waals surface area (Å²) >= 11 is 1.14. The fourth-order valence-corrected chi connectivity index (χ4v) is 3.90. The van der Waals surface area contributed by atoms with E-state index >= 15 is 0 Å². The van der Waals surface area contributed by atoms with Gasteiger partial charge in [-0.1, -0.05) is 12.8 Å². The number of nitrogens with zero attached hydrogens (tertiary/aromatic N) is 1. The number of ether oxygens (including phenoxy) is 2. The zero-order valence-electron chi connectivity index (χ0n) is 11.5. The first-order chi connectivity index (χ1) is 10.2. The van der Waals surface area contributed by atoms with E-state index in [1.165, 1.54) is 6.07 Å². The van der Waals surface area contributed by atoms with Crippen molar-refractivity contribution in [3.8, 4) is 5.75 Å². The second-order valence-electron chi connectivity index (χ2n) is 5.25. The second-order valence-corrected chi connectivity index (χ2v) is 6.17. The maximum absolute atomic E-state index is 12.7. The molecule has 0 spiro atoms. The van der Waals surface area contributed by atoms with Crippen molar-refractivity contribution in [2.24, 2.45) is 0 Å². The van der Waals surface area contributed by atoms with Crippen LogP contribution in [0.2, 0.25) is 0 Å². The summed E-state index contributed by atoms with van der Waals surface area (Å²) in [5, 5.41) is 1.60. The van der Waals surface area contributed by atoms with Gasteiger partial charge in [0.2, 0.25) is 0 Å². The van der Waals surface area contributed by atoms with Crippen molar-refractivity contribution in [2.45, 2.75) is 44.4 Å². The van der Waals surface area contributed by atoms with Crippen LogP contribution in [0.4, 0.5) is 8.78 Å². The Morgan fingerprint density at radius 3 is 3.05 bits per heavy atom. The molecular weight excluding hydrogens is 300 g/mol. The van der Waals surface area contributed by atoms with Gasteiger partial charge in [0, 0.05) is 6.54 Å². The molecular formula is C14H17F2NO3S. The van der Waals surface area contributed by atoms with Crippen LogP contribution in [0.3, 0.4) is 0 Å². The first-order valence-electron chi connectivity index (χ1n) is 7.11. The van der Waals surface area contributed by atoms with Crippen molar-refractivity contribution < 1.29 is 23.0 Å². The highest BCUT2D eigenvalue weighted by molar-refractivity contribution is 7.12. The third kappa shape index (κ3) is 3.03. The number of halogens is 2. The van der Waals surface area contributed by atoms with Gasteiger partial charge in [0.05, 0.1) is 18.8 Å².